The molecule has 10 heteroatoms. The van der Waals surface area contributed by atoms with Gasteiger partial charge < -0.3 is 10.2 Å². The van der Waals surface area contributed by atoms with Crippen molar-refractivity contribution in [2.24, 2.45) is 0 Å². The minimum absolute atomic E-state index is 0.000399. The summed E-state index contributed by atoms with van der Waals surface area (Å²) in [6, 6.07) is 18.7. The lowest BCUT2D eigenvalue weighted by Crippen LogP contribution is -2.53. The number of hydrogen-bond donors (Lipinski definition) is 1. The quantitative estimate of drug-likeness (QED) is 0.338. The van der Waals surface area contributed by atoms with Gasteiger partial charge in [0, 0.05) is 17.6 Å². The highest BCUT2D eigenvalue weighted by atomic mass is 35.5. The van der Waals surface area contributed by atoms with Crippen LogP contribution in [-0.2, 0) is 26.2 Å². The minimum atomic E-state index is -4.21. The van der Waals surface area contributed by atoms with Gasteiger partial charge in [-0.05, 0) is 67.8 Å². The molecule has 1 aliphatic rings. The molecule has 2 amide bonds. The summed E-state index contributed by atoms with van der Waals surface area (Å²) in [7, 11) is -4.21. The van der Waals surface area contributed by atoms with Crippen molar-refractivity contribution in [3.63, 3.8) is 0 Å². The molecule has 3 aromatic carbocycles. The molecule has 1 atom stereocenters. The number of nitrogens with zero attached hydrogens (tertiary/aromatic N) is 2. The van der Waals surface area contributed by atoms with E-state index in [1.807, 2.05) is 0 Å². The van der Waals surface area contributed by atoms with Gasteiger partial charge in [0.15, 0.2) is 0 Å². The van der Waals surface area contributed by atoms with E-state index in [0.29, 0.717) is 10.6 Å². The lowest BCUT2D eigenvalue weighted by atomic mass is 9.95. The Labute approximate surface area is 240 Å². The van der Waals surface area contributed by atoms with Gasteiger partial charge >= 0.3 is 0 Å². The standard InChI is InChI=1S/C30H33ClFN3O4S/c1-22(30(37)33-25-11-4-2-5-12-25)34(20-23-10-8-9-15-28(23)31)29(36)21-35(26-18-16-24(32)17-19-26)40(38,39)27-13-6-3-7-14-27/h3,6-10,13-19,22,25H,2,4-5,11-12,20-21H2,1H3,(H,33,37). The Morgan fingerprint density at radius 3 is 2.23 bits per heavy atom. The van der Waals surface area contributed by atoms with Crippen LogP contribution in [0.15, 0.2) is 83.8 Å². The SMILES string of the molecule is CC(C(=O)NC1CCCCC1)N(Cc1ccccc1Cl)C(=O)CN(c1ccc(F)cc1)S(=O)(=O)c1ccccc1. The van der Waals surface area contributed by atoms with E-state index in [2.05, 4.69) is 5.32 Å². The molecule has 1 fully saturated rings. The van der Waals surface area contributed by atoms with E-state index in [9.17, 15) is 22.4 Å². The fourth-order valence-corrected chi connectivity index (χ4v) is 6.45. The summed E-state index contributed by atoms with van der Waals surface area (Å²) in [6.45, 7) is 1.02. The number of hydrogen-bond acceptors (Lipinski definition) is 4. The molecule has 4 rings (SSSR count). The fraction of sp³-hybridized carbons (Fsp3) is 0.333. The van der Waals surface area contributed by atoms with Crippen LogP contribution in [0.5, 0.6) is 0 Å². The van der Waals surface area contributed by atoms with Crippen LogP contribution in [0.3, 0.4) is 0 Å². The van der Waals surface area contributed by atoms with Crippen molar-refractivity contribution >= 4 is 39.1 Å². The summed E-state index contributed by atoms with van der Waals surface area (Å²) in [6.07, 6.45) is 4.96. The predicted molar refractivity (Wildman–Crippen MR) is 154 cm³/mol. The van der Waals surface area contributed by atoms with E-state index in [4.69, 9.17) is 11.6 Å². The molecule has 7 nitrogen and oxygen atoms in total. The molecule has 212 valence electrons. The summed E-state index contributed by atoms with van der Waals surface area (Å²) < 4.78 is 42.1. The van der Waals surface area contributed by atoms with Gasteiger partial charge in [0.2, 0.25) is 11.8 Å². The first-order valence-electron chi connectivity index (χ1n) is 13.3. The van der Waals surface area contributed by atoms with Crippen molar-refractivity contribution in [1.82, 2.24) is 10.2 Å². The highest BCUT2D eigenvalue weighted by molar-refractivity contribution is 7.92. The third-order valence-corrected chi connectivity index (χ3v) is 9.30. The number of carbonyl (C=O) groups is 2. The van der Waals surface area contributed by atoms with Crippen LogP contribution in [0, 0.1) is 5.82 Å². The van der Waals surface area contributed by atoms with Crippen LogP contribution in [0.1, 0.15) is 44.6 Å². The van der Waals surface area contributed by atoms with Gasteiger partial charge in [-0.2, -0.15) is 0 Å². The smallest absolute Gasteiger partial charge is 0.264 e. The molecule has 0 spiro atoms. The number of amides is 2. The van der Waals surface area contributed by atoms with Crippen molar-refractivity contribution in [2.45, 2.75) is 62.6 Å². The van der Waals surface area contributed by atoms with Crippen LogP contribution in [0.4, 0.5) is 10.1 Å². The number of sulfonamides is 1. The molecule has 0 radical (unpaired) electrons. The van der Waals surface area contributed by atoms with Crippen LogP contribution in [-0.4, -0.2) is 43.8 Å². The Kier molecular flexibility index (Phi) is 9.81. The van der Waals surface area contributed by atoms with Gasteiger partial charge in [0.1, 0.15) is 18.4 Å². The molecular weight excluding hydrogens is 553 g/mol. The van der Waals surface area contributed by atoms with E-state index in [-0.39, 0.29) is 29.1 Å². The lowest BCUT2D eigenvalue weighted by Gasteiger charge is -2.33. The largest absolute Gasteiger partial charge is 0.352 e. The van der Waals surface area contributed by atoms with Crippen molar-refractivity contribution in [1.29, 1.82) is 0 Å². The topological polar surface area (TPSA) is 86.8 Å². The van der Waals surface area contributed by atoms with Crippen LogP contribution in [0.25, 0.3) is 0 Å². The Balaban J connectivity index is 1.67. The average molecular weight is 586 g/mol. The number of halogens is 2. The molecule has 40 heavy (non-hydrogen) atoms. The lowest BCUT2D eigenvalue weighted by molar-refractivity contribution is -0.139. The monoisotopic (exact) mass is 585 g/mol. The molecule has 3 aromatic rings. The van der Waals surface area contributed by atoms with Gasteiger partial charge in [0.05, 0.1) is 10.6 Å². The molecule has 0 heterocycles. The summed E-state index contributed by atoms with van der Waals surface area (Å²) in [5, 5.41) is 3.49. The normalized spacial score (nSPS) is 14.8. The van der Waals surface area contributed by atoms with E-state index < -0.39 is 34.3 Å². The van der Waals surface area contributed by atoms with Crippen molar-refractivity contribution in [3.8, 4) is 0 Å². The Morgan fingerprint density at radius 1 is 0.950 bits per heavy atom. The van der Waals surface area contributed by atoms with Crippen molar-refractivity contribution in [3.05, 3.63) is 95.3 Å². The maximum atomic E-state index is 13.9. The van der Waals surface area contributed by atoms with Gasteiger partial charge in [-0.25, -0.2) is 12.8 Å². The molecule has 1 N–H and O–H groups in total. The second-order valence-corrected chi connectivity index (χ2v) is 12.2. The molecule has 1 aliphatic carbocycles. The first-order valence-corrected chi connectivity index (χ1v) is 15.1. The van der Waals surface area contributed by atoms with E-state index >= 15 is 0 Å². The first kappa shape index (κ1) is 29.6. The van der Waals surface area contributed by atoms with Crippen LogP contribution < -0.4 is 9.62 Å². The second-order valence-electron chi connectivity index (χ2n) is 9.93. The maximum Gasteiger partial charge on any atom is 0.264 e. The molecule has 0 aliphatic heterocycles. The van der Waals surface area contributed by atoms with Gasteiger partial charge in [-0.3, -0.25) is 13.9 Å². The van der Waals surface area contributed by atoms with E-state index in [1.54, 1.807) is 49.4 Å². The zero-order chi connectivity index (χ0) is 28.7. The highest BCUT2D eigenvalue weighted by Crippen LogP contribution is 2.26. The number of anilines is 1. The second kappa shape index (κ2) is 13.3. The molecule has 0 saturated heterocycles. The molecule has 1 unspecified atom stereocenters. The summed E-state index contributed by atoms with van der Waals surface area (Å²) in [5.74, 6) is -1.46. The fourth-order valence-electron chi connectivity index (χ4n) is 4.82. The summed E-state index contributed by atoms with van der Waals surface area (Å²) in [5.41, 5.74) is 0.740. The van der Waals surface area contributed by atoms with Gasteiger partial charge in [-0.15, -0.1) is 0 Å². The highest BCUT2D eigenvalue weighted by Gasteiger charge is 2.33. The summed E-state index contributed by atoms with van der Waals surface area (Å²) in [4.78, 5) is 28.6. The molecule has 0 bridgehead atoms. The number of benzene rings is 3. The van der Waals surface area contributed by atoms with Crippen molar-refractivity contribution < 1.29 is 22.4 Å². The third kappa shape index (κ3) is 7.20. The molecular formula is C30H33ClFN3O4S. The zero-order valence-corrected chi connectivity index (χ0v) is 23.9. The Morgan fingerprint density at radius 2 is 1.57 bits per heavy atom. The molecule has 0 aromatic heterocycles. The van der Waals surface area contributed by atoms with Gasteiger partial charge in [0.25, 0.3) is 10.0 Å². The predicted octanol–water partition coefficient (Wildman–Crippen LogP) is 5.54. The van der Waals surface area contributed by atoms with Crippen LogP contribution in [0.2, 0.25) is 5.02 Å². The Hall–Kier alpha value is -3.43. The van der Waals surface area contributed by atoms with Crippen LogP contribution >= 0.6 is 11.6 Å². The number of rotatable bonds is 10. The minimum Gasteiger partial charge on any atom is -0.352 e. The summed E-state index contributed by atoms with van der Waals surface area (Å²) >= 11 is 6.40. The third-order valence-electron chi connectivity index (χ3n) is 7.14. The maximum absolute atomic E-state index is 13.9. The number of nitrogens with one attached hydrogen (secondary N) is 1. The first-order chi connectivity index (χ1) is 19.2. The Bertz CT molecular complexity index is 1410. The van der Waals surface area contributed by atoms with Gasteiger partial charge in [-0.1, -0.05) is 67.3 Å². The van der Waals surface area contributed by atoms with E-state index in [0.717, 1.165) is 48.5 Å². The zero-order valence-electron chi connectivity index (χ0n) is 22.3. The number of carbonyl (C=O) groups excluding carboxylic acids is 2. The van der Waals surface area contributed by atoms with E-state index in [1.165, 1.54) is 29.2 Å². The average Bonchev–Trinajstić information content (AvgIpc) is 2.96. The molecule has 1 saturated carbocycles. The van der Waals surface area contributed by atoms with Crippen molar-refractivity contribution in [2.75, 3.05) is 10.8 Å².